The molecule has 0 radical (unpaired) electrons. The van der Waals surface area contributed by atoms with Crippen LogP contribution in [0, 0.1) is 11.3 Å². The molecule has 1 atom stereocenters. The molecular formula is C17H24N4O2. The van der Waals surface area contributed by atoms with Crippen LogP contribution in [0.2, 0.25) is 0 Å². The van der Waals surface area contributed by atoms with Crippen molar-refractivity contribution in [2.45, 2.75) is 25.7 Å². The summed E-state index contributed by atoms with van der Waals surface area (Å²) in [7, 11) is 0. The van der Waals surface area contributed by atoms with E-state index in [1.54, 1.807) is 12.4 Å². The number of ether oxygens (including phenoxy) is 1. The molecule has 1 unspecified atom stereocenters. The summed E-state index contributed by atoms with van der Waals surface area (Å²) in [6.07, 6.45) is 9.10. The zero-order valence-electron chi connectivity index (χ0n) is 13.5. The van der Waals surface area contributed by atoms with Gasteiger partial charge in [-0.05, 0) is 31.7 Å². The Balaban J connectivity index is 1.39. The molecule has 0 bridgehead atoms. The van der Waals surface area contributed by atoms with E-state index < -0.39 is 0 Å². The van der Waals surface area contributed by atoms with Gasteiger partial charge in [0.15, 0.2) is 0 Å². The number of amides is 1. The number of nitrogens with zero attached hydrogens (tertiary/aromatic N) is 4. The van der Waals surface area contributed by atoms with Gasteiger partial charge >= 0.3 is 0 Å². The Morgan fingerprint density at radius 1 is 1.22 bits per heavy atom. The van der Waals surface area contributed by atoms with Crippen LogP contribution in [-0.4, -0.2) is 60.2 Å². The van der Waals surface area contributed by atoms with Crippen LogP contribution < -0.4 is 4.90 Å². The summed E-state index contributed by atoms with van der Waals surface area (Å²) in [6, 6.07) is 0. The van der Waals surface area contributed by atoms with E-state index >= 15 is 0 Å². The van der Waals surface area contributed by atoms with Crippen molar-refractivity contribution < 1.29 is 9.53 Å². The maximum Gasteiger partial charge on any atom is 0.227 e. The SMILES string of the molecule is O=C1CC2(CCN(CC3CCOCC3)C2)CN1c1cncnc1. The number of rotatable bonds is 3. The van der Waals surface area contributed by atoms with Crippen LogP contribution in [0.25, 0.3) is 0 Å². The summed E-state index contributed by atoms with van der Waals surface area (Å²) < 4.78 is 5.45. The zero-order chi connectivity index (χ0) is 15.7. The monoisotopic (exact) mass is 316 g/mol. The summed E-state index contributed by atoms with van der Waals surface area (Å²) in [5, 5.41) is 0. The molecule has 6 heteroatoms. The predicted molar refractivity (Wildman–Crippen MR) is 86.0 cm³/mol. The molecule has 4 rings (SSSR count). The van der Waals surface area contributed by atoms with Crippen LogP contribution in [0.3, 0.4) is 0 Å². The van der Waals surface area contributed by atoms with Gasteiger partial charge in [0.05, 0.1) is 18.1 Å². The quantitative estimate of drug-likeness (QED) is 0.842. The Kier molecular flexibility index (Phi) is 4.03. The Bertz CT molecular complexity index is 561. The lowest BCUT2D eigenvalue weighted by molar-refractivity contribution is -0.117. The number of carbonyl (C=O) groups is 1. The molecule has 0 aromatic carbocycles. The van der Waals surface area contributed by atoms with Crippen LogP contribution in [-0.2, 0) is 9.53 Å². The highest BCUT2D eigenvalue weighted by molar-refractivity contribution is 5.96. The van der Waals surface area contributed by atoms with Crippen LogP contribution in [0.15, 0.2) is 18.7 Å². The molecule has 124 valence electrons. The zero-order valence-corrected chi connectivity index (χ0v) is 13.5. The minimum atomic E-state index is 0.123. The minimum absolute atomic E-state index is 0.123. The second kappa shape index (κ2) is 6.17. The van der Waals surface area contributed by atoms with Crippen molar-refractivity contribution in [1.29, 1.82) is 0 Å². The standard InChI is InChI=1S/C17H24N4O2/c22-16-7-17(12-21(16)15-8-18-13-19-9-15)3-4-20(11-17)10-14-1-5-23-6-2-14/h8-9,13-14H,1-7,10-12H2. The molecule has 3 saturated heterocycles. The van der Waals surface area contributed by atoms with Gasteiger partial charge in [-0.15, -0.1) is 0 Å². The van der Waals surface area contributed by atoms with Crippen molar-refractivity contribution in [3.63, 3.8) is 0 Å². The van der Waals surface area contributed by atoms with Crippen LogP contribution in [0.5, 0.6) is 0 Å². The molecule has 1 spiro atoms. The average molecular weight is 316 g/mol. The molecule has 4 heterocycles. The first-order chi connectivity index (χ1) is 11.2. The van der Waals surface area contributed by atoms with Gasteiger partial charge in [0.2, 0.25) is 5.91 Å². The van der Waals surface area contributed by atoms with Crippen LogP contribution >= 0.6 is 0 Å². The van der Waals surface area contributed by atoms with E-state index in [1.807, 2.05) is 4.90 Å². The molecule has 3 fully saturated rings. The summed E-state index contributed by atoms with van der Waals surface area (Å²) in [5.74, 6) is 0.974. The Labute approximate surface area is 136 Å². The molecule has 1 amide bonds. The van der Waals surface area contributed by atoms with Crippen molar-refractivity contribution in [2.24, 2.45) is 11.3 Å². The number of carbonyl (C=O) groups excluding carboxylic acids is 1. The summed E-state index contributed by atoms with van der Waals surface area (Å²) in [5.41, 5.74) is 0.954. The van der Waals surface area contributed by atoms with Gasteiger partial charge in [-0.1, -0.05) is 0 Å². The minimum Gasteiger partial charge on any atom is -0.381 e. The lowest BCUT2D eigenvalue weighted by atomic mass is 9.86. The third-order valence-electron chi connectivity index (χ3n) is 5.55. The number of aromatic nitrogens is 2. The molecule has 23 heavy (non-hydrogen) atoms. The number of likely N-dealkylation sites (tertiary alicyclic amines) is 1. The van der Waals surface area contributed by atoms with E-state index in [2.05, 4.69) is 14.9 Å². The highest BCUT2D eigenvalue weighted by Crippen LogP contribution is 2.42. The summed E-state index contributed by atoms with van der Waals surface area (Å²) in [6.45, 7) is 5.94. The van der Waals surface area contributed by atoms with Crippen LogP contribution in [0.1, 0.15) is 25.7 Å². The molecule has 6 nitrogen and oxygen atoms in total. The predicted octanol–water partition coefficient (Wildman–Crippen LogP) is 1.33. The first kappa shape index (κ1) is 15.0. The third kappa shape index (κ3) is 3.10. The van der Waals surface area contributed by atoms with Gasteiger partial charge in [0, 0.05) is 44.7 Å². The van der Waals surface area contributed by atoms with Crippen molar-refractivity contribution in [3.8, 4) is 0 Å². The Morgan fingerprint density at radius 3 is 2.78 bits per heavy atom. The number of anilines is 1. The fourth-order valence-electron chi connectivity index (χ4n) is 4.31. The highest BCUT2D eigenvalue weighted by Gasteiger charge is 2.48. The largest absolute Gasteiger partial charge is 0.381 e. The second-order valence-electron chi connectivity index (χ2n) is 7.29. The van der Waals surface area contributed by atoms with Gasteiger partial charge in [-0.3, -0.25) is 4.79 Å². The van der Waals surface area contributed by atoms with E-state index in [0.717, 1.165) is 57.4 Å². The van der Waals surface area contributed by atoms with Gasteiger partial charge in [-0.2, -0.15) is 0 Å². The maximum atomic E-state index is 12.5. The molecule has 1 aromatic heterocycles. The van der Waals surface area contributed by atoms with Crippen molar-refractivity contribution in [2.75, 3.05) is 44.3 Å². The molecule has 0 aliphatic carbocycles. The van der Waals surface area contributed by atoms with Crippen molar-refractivity contribution >= 4 is 11.6 Å². The van der Waals surface area contributed by atoms with Gasteiger partial charge in [0.1, 0.15) is 6.33 Å². The topological polar surface area (TPSA) is 58.6 Å². The van der Waals surface area contributed by atoms with E-state index in [4.69, 9.17) is 4.74 Å². The van der Waals surface area contributed by atoms with Gasteiger partial charge in [0.25, 0.3) is 0 Å². The lowest BCUT2D eigenvalue weighted by Gasteiger charge is -2.28. The van der Waals surface area contributed by atoms with Crippen molar-refractivity contribution in [1.82, 2.24) is 14.9 Å². The van der Waals surface area contributed by atoms with Crippen molar-refractivity contribution in [3.05, 3.63) is 18.7 Å². The molecule has 1 aromatic rings. The maximum absolute atomic E-state index is 12.5. The van der Waals surface area contributed by atoms with Gasteiger partial charge < -0.3 is 14.5 Å². The van der Waals surface area contributed by atoms with E-state index in [0.29, 0.717) is 6.42 Å². The molecule has 0 saturated carbocycles. The third-order valence-corrected chi connectivity index (χ3v) is 5.55. The summed E-state index contributed by atoms with van der Waals surface area (Å²) in [4.78, 5) is 25.0. The lowest BCUT2D eigenvalue weighted by Crippen LogP contribution is -2.34. The number of hydrogen-bond acceptors (Lipinski definition) is 5. The molecule has 3 aliphatic rings. The molecular weight excluding hydrogens is 292 g/mol. The molecule has 0 N–H and O–H groups in total. The Morgan fingerprint density at radius 2 is 2.00 bits per heavy atom. The number of hydrogen-bond donors (Lipinski definition) is 0. The normalized spacial score (nSPS) is 29.7. The first-order valence-corrected chi connectivity index (χ1v) is 8.60. The van der Waals surface area contributed by atoms with Gasteiger partial charge in [-0.25, -0.2) is 9.97 Å². The highest BCUT2D eigenvalue weighted by atomic mass is 16.5. The average Bonchev–Trinajstić information content (AvgIpc) is 3.12. The fraction of sp³-hybridized carbons (Fsp3) is 0.706. The molecule has 3 aliphatic heterocycles. The first-order valence-electron chi connectivity index (χ1n) is 8.60. The Hall–Kier alpha value is -1.53. The smallest absolute Gasteiger partial charge is 0.227 e. The summed E-state index contributed by atoms with van der Waals surface area (Å²) >= 11 is 0. The van der Waals surface area contributed by atoms with E-state index in [9.17, 15) is 4.79 Å². The van der Waals surface area contributed by atoms with Crippen LogP contribution in [0.4, 0.5) is 5.69 Å². The second-order valence-corrected chi connectivity index (χ2v) is 7.29. The van der Waals surface area contributed by atoms with E-state index in [-0.39, 0.29) is 11.3 Å². The van der Waals surface area contributed by atoms with E-state index in [1.165, 1.54) is 19.2 Å². The fourth-order valence-corrected chi connectivity index (χ4v) is 4.31.